The van der Waals surface area contributed by atoms with Crippen molar-refractivity contribution in [1.29, 1.82) is 0 Å². The van der Waals surface area contributed by atoms with Crippen LogP contribution in [0.1, 0.15) is 26.3 Å². The first-order chi connectivity index (χ1) is 13.5. The molecule has 0 unspecified atom stereocenters. The number of nitrogens with two attached hydrogens (primary N) is 3. The predicted octanol–water partition coefficient (Wildman–Crippen LogP) is 2.81. The van der Waals surface area contributed by atoms with Crippen LogP contribution >= 0.6 is 0 Å². The zero-order valence-corrected chi connectivity index (χ0v) is 15.1. The molecule has 7 heteroatoms. The predicted molar refractivity (Wildman–Crippen MR) is 112 cm³/mol. The van der Waals surface area contributed by atoms with Gasteiger partial charge in [-0.1, -0.05) is 0 Å². The minimum absolute atomic E-state index is 0.197. The number of hydrogen-bond donors (Lipinski definition) is 5. The summed E-state index contributed by atoms with van der Waals surface area (Å²) in [4.78, 5) is 24.7. The van der Waals surface area contributed by atoms with E-state index in [1.807, 2.05) is 0 Å². The van der Waals surface area contributed by atoms with Crippen LogP contribution in [-0.4, -0.2) is 11.8 Å². The number of carbonyl (C=O) groups excluding carboxylic acids is 2. The third kappa shape index (κ3) is 4.46. The van der Waals surface area contributed by atoms with Crippen LogP contribution in [0, 0.1) is 0 Å². The number of carbonyl (C=O) groups is 2. The Hall–Kier alpha value is -3.84. The number of benzene rings is 3. The Morgan fingerprint density at radius 2 is 1.21 bits per heavy atom. The Kier molecular flexibility index (Phi) is 5.57. The summed E-state index contributed by atoms with van der Waals surface area (Å²) in [5, 5.41) is 5.64. The smallest absolute Gasteiger partial charge is 0.255 e. The second kappa shape index (κ2) is 8.24. The average molecular weight is 375 g/mol. The first-order valence-corrected chi connectivity index (χ1v) is 8.63. The monoisotopic (exact) mass is 375 g/mol. The number of nitrogens with one attached hydrogen (secondary N) is 2. The van der Waals surface area contributed by atoms with Crippen molar-refractivity contribution in [2.45, 2.75) is 6.54 Å². The molecule has 7 nitrogen and oxygen atoms in total. The molecule has 142 valence electrons. The molecule has 0 fully saturated rings. The van der Waals surface area contributed by atoms with Crippen molar-refractivity contribution in [3.63, 3.8) is 0 Å². The number of anilines is 4. The van der Waals surface area contributed by atoms with Crippen LogP contribution in [0.2, 0.25) is 0 Å². The number of rotatable bonds is 5. The zero-order chi connectivity index (χ0) is 20.1. The number of amides is 2. The molecule has 28 heavy (non-hydrogen) atoms. The van der Waals surface area contributed by atoms with Crippen molar-refractivity contribution in [1.82, 2.24) is 0 Å². The molecule has 2 amide bonds. The maximum absolute atomic E-state index is 12.4. The van der Waals surface area contributed by atoms with Gasteiger partial charge in [-0.15, -0.1) is 0 Å². The highest BCUT2D eigenvalue weighted by Gasteiger charge is 2.11. The van der Waals surface area contributed by atoms with E-state index in [2.05, 4.69) is 10.6 Å². The van der Waals surface area contributed by atoms with Crippen LogP contribution in [0.5, 0.6) is 0 Å². The summed E-state index contributed by atoms with van der Waals surface area (Å²) in [6, 6.07) is 18.4. The lowest BCUT2D eigenvalue weighted by Crippen LogP contribution is -2.16. The number of nitrogen functional groups attached to an aromatic ring is 2. The van der Waals surface area contributed by atoms with Gasteiger partial charge in [-0.2, -0.15) is 0 Å². The third-order valence-corrected chi connectivity index (χ3v) is 4.18. The second-order valence-electron chi connectivity index (χ2n) is 6.23. The topological polar surface area (TPSA) is 136 Å². The molecule has 3 aromatic carbocycles. The van der Waals surface area contributed by atoms with Crippen molar-refractivity contribution in [3.05, 3.63) is 83.4 Å². The molecule has 0 radical (unpaired) electrons. The molecule has 0 aromatic heterocycles. The molecule has 0 spiro atoms. The minimum atomic E-state index is -0.270. The maximum atomic E-state index is 12.4. The molecule has 0 atom stereocenters. The van der Waals surface area contributed by atoms with Gasteiger partial charge in [-0.25, -0.2) is 0 Å². The summed E-state index contributed by atoms with van der Waals surface area (Å²) < 4.78 is 0. The van der Waals surface area contributed by atoms with Crippen LogP contribution in [0.3, 0.4) is 0 Å². The quantitative estimate of drug-likeness (QED) is 0.437. The molecule has 0 aliphatic heterocycles. The molecule has 0 aliphatic carbocycles. The van der Waals surface area contributed by atoms with Gasteiger partial charge in [0.15, 0.2) is 0 Å². The summed E-state index contributed by atoms with van der Waals surface area (Å²) in [5.41, 5.74) is 21.1. The van der Waals surface area contributed by atoms with Gasteiger partial charge < -0.3 is 27.8 Å². The molecule has 0 saturated carbocycles. The Bertz CT molecular complexity index is 998. The Balaban J connectivity index is 1.74. The van der Waals surface area contributed by atoms with Crippen LogP contribution in [0.4, 0.5) is 22.7 Å². The van der Waals surface area contributed by atoms with Crippen LogP contribution in [-0.2, 0) is 6.54 Å². The maximum Gasteiger partial charge on any atom is 0.255 e. The van der Waals surface area contributed by atoms with E-state index < -0.39 is 0 Å². The summed E-state index contributed by atoms with van der Waals surface area (Å²) in [7, 11) is 0. The summed E-state index contributed by atoms with van der Waals surface area (Å²) in [6.45, 7) is 0.197. The summed E-state index contributed by atoms with van der Waals surface area (Å²) >= 11 is 0. The molecular formula is C21H21N5O2. The molecule has 0 heterocycles. The van der Waals surface area contributed by atoms with E-state index in [4.69, 9.17) is 17.2 Å². The second-order valence-corrected chi connectivity index (χ2v) is 6.23. The summed E-state index contributed by atoms with van der Waals surface area (Å²) in [6.07, 6.45) is 0. The van der Waals surface area contributed by atoms with E-state index in [-0.39, 0.29) is 18.4 Å². The van der Waals surface area contributed by atoms with Crippen molar-refractivity contribution >= 4 is 34.6 Å². The van der Waals surface area contributed by atoms with Gasteiger partial charge in [0.1, 0.15) is 0 Å². The molecule has 0 saturated heterocycles. The van der Waals surface area contributed by atoms with Crippen LogP contribution in [0.15, 0.2) is 66.7 Å². The molecule has 0 bridgehead atoms. The molecule has 3 aromatic rings. The first-order valence-electron chi connectivity index (χ1n) is 8.63. The van der Waals surface area contributed by atoms with Gasteiger partial charge in [0.25, 0.3) is 11.8 Å². The van der Waals surface area contributed by atoms with E-state index in [1.165, 1.54) is 0 Å². The van der Waals surface area contributed by atoms with Crippen molar-refractivity contribution in [2.24, 2.45) is 5.73 Å². The van der Waals surface area contributed by atoms with E-state index in [1.54, 1.807) is 66.7 Å². The molecule has 3 rings (SSSR count). The van der Waals surface area contributed by atoms with E-state index in [0.717, 1.165) is 0 Å². The molecule has 0 aliphatic rings. The third-order valence-electron chi connectivity index (χ3n) is 4.18. The van der Waals surface area contributed by atoms with Gasteiger partial charge >= 0.3 is 0 Å². The van der Waals surface area contributed by atoms with Crippen molar-refractivity contribution in [2.75, 3.05) is 22.1 Å². The SMILES string of the molecule is NCc1cc(NC(=O)c2ccc(N)cc2)ccc1NC(=O)c1ccc(N)cc1. The van der Waals surface area contributed by atoms with Gasteiger partial charge in [0, 0.05) is 40.4 Å². The van der Waals surface area contributed by atoms with Crippen molar-refractivity contribution < 1.29 is 9.59 Å². The van der Waals surface area contributed by atoms with Crippen LogP contribution in [0.25, 0.3) is 0 Å². The fourth-order valence-corrected chi connectivity index (χ4v) is 2.63. The zero-order valence-electron chi connectivity index (χ0n) is 15.1. The average Bonchev–Trinajstić information content (AvgIpc) is 2.70. The lowest BCUT2D eigenvalue weighted by atomic mass is 10.1. The molecular weight excluding hydrogens is 354 g/mol. The van der Waals surface area contributed by atoms with Gasteiger partial charge in [0.2, 0.25) is 0 Å². The highest BCUT2D eigenvalue weighted by Crippen LogP contribution is 2.22. The molecule has 8 N–H and O–H groups in total. The lowest BCUT2D eigenvalue weighted by molar-refractivity contribution is 0.101. The normalized spacial score (nSPS) is 10.3. The van der Waals surface area contributed by atoms with Crippen molar-refractivity contribution in [3.8, 4) is 0 Å². The van der Waals surface area contributed by atoms with E-state index in [9.17, 15) is 9.59 Å². The fourth-order valence-electron chi connectivity index (χ4n) is 2.63. The number of hydrogen-bond acceptors (Lipinski definition) is 5. The largest absolute Gasteiger partial charge is 0.399 e. The Morgan fingerprint density at radius 1 is 0.714 bits per heavy atom. The standard InChI is InChI=1S/C21H21N5O2/c22-12-15-11-18(25-20(27)13-1-5-16(23)6-2-13)9-10-19(15)26-21(28)14-3-7-17(24)8-4-14/h1-11H,12,22-24H2,(H,25,27)(H,26,28). The highest BCUT2D eigenvalue weighted by molar-refractivity contribution is 6.06. The Labute approximate surface area is 162 Å². The summed E-state index contributed by atoms with van der Waals surface area (Å²) in [5.74, 6) is -0.532. The lowest BCUT2D eigenvalue weighted by Gasteiger charge is -2.13. The van der Waals surface area contributed by atoms with E-state index >= 15 is 0 Å². The van der Waals surface area contributed by atoms with Gasteiger partial charge in [0.05, 0.1) is 0 Å². The van der Waals surface area contributed by atoms with E-state index in [0.29, 0.717) is 39.4 Å². The van der Waals surface area contributed by atoms with Gasteiger partial charge in [-0.05, 0) is 72.3 Å². The fraction of sp³-hybridized carbons (Fsp3) is 0.0476. The van der Waals surface area contributed by atoms with Gasteiger partial charge in [-0.3, -0.25) is 9.59 Å². The highest BCUT2D eigenvalue weighted by atomic mass is 16.2. The Morgan fingerprint density at radius 3 is 1.71 bits per heavy atom. The van der Waals surface area contributed by atoms with Crippen LogP contribution < -0.4 is 27.8 Å². The first kappa shape index (κ1) is 18.9. The minimum Gasteiger partial charge on any atom is -0.399 e.